The lowest BCUT2D eigenvalue weighted by Crippen LogP contribution is -2.38. The van der Waals surface area contributed by atoms with Crippen LogP contribution < -0.4 is 26.0 Å². The summed E-state index contributed by atoms with van der Waals surface area (Å²) >= 11 is 0. The SMILES string of the molecule is CNC(=O)NCCCCNC(=O)NCCOCCOCCNS(=O)(=O)c1ccc(O)cc1. The molecule has 0 heterocycles. The van der Waals surface area contributed by atoms with Crippen molar-refractivity contribution in [3.05, 3.63) is 24.3 Å². The maximum atomic E-state index is 12.0. The zero-order valence-electron chi connectivity index (χ0n) is 18.2. The first kappa shape index (κ1) is 27.4. The third-order valence-corrected chi connectivity index (χ3v) is 5.47. The summed E-state index contributed by atoms with van der Waals surface area (Å²) in [6.45, 7) is 2.60. The summed E-state index contributed by atoms with van der Waals surface area (Å²) in [7, 11) is -2.10. The van der Waals surface area contributed by atoms with Crippen LogP contribution in [-0.4, -0.2) is 85.2 Å². The Labute approximate surface area is 188 Å². The molecule has 0 bridgehead atoms. The molecule has 4 amide bonds. The van der Waals surface area contributed by atoms with E-state index in [1.54, 1.807) is 7.05 Å². The normalized spacial score (nSPS) is 11.0. The summed E-state index contributed by atoms with van der Waals surface area (Å²) in [6.07, 6.45) is 1.51. The van der Waals surface area contributed by atoms with Crippen molar-refractivity contribution in [1.29, 1.82) is 0 Å². The van der Waals surface area contributed by atoms with Gasteiger partial charge in [-0.15, -0.1) is 0 Å². The minimum absolute atomic E-state index is 0.00756. The van der Waals surface area contributed by atoms with Gasteiger partial charge in [0.15, 0.2) is 0 Å². The number of benzene rings is 1. The van der Waals surface area contributed by atoms with E-state index in [1.807, 2.05) is 0 Å². The Morgan fingerprint density at radius 2 is 1.34 bits per heavy atom. The Hall–Kier alpha value is -2.61. The monoisotopic (exact) mass is 475 g/mol. The van der Waals surface area contributed by atoms with E-state index in [0.717, 1.165) is 12.8 Å². The molecule has 182 valence electrons. The van der Waals surface area contributed by atoms with Crippen LogP contribution in [0.25, 0.3) is 0 Å². The van der Waals surface area contributed by atoms with Crippen molar-refractivity contribution < 1.29 is 32.6 Å². The minimum Gasteiger partial charge on any atom is -0.508 e. The number of phenolic OH excluding ortho intramolecular Hbond substituents is 1. The molecule has 1 aromatic rings. The largest absolute Gasteiger partial charge is 0.508 e. The molecule has 13 heteroatoms. The summed E-state index contributed by atoms with van der Waals surface area (Å²) in [5, 5.41) is 19.7. The van der Waals surface area contributed by atoms with E-state index < -0.39 is 10.0 Å². The molecule has 1 aromatic carbocycles. The molecule has 0 aromatic heterocycles. The molecule has 0 atom stereocenters. The topological polar surface area (TPSA) is 167 Å². The molecule has 0 saturated heterocycles. The van der Waals surface area contributed by atoms with Gasteiger partial charge >= 0.3 is 12.1 Å². The molecule has 0 aliphatic heterocycles. The van der Waals surface area contributed by atoms with Crippen molar-refractivity contribution in [3.8, 4) is 5.75 Å². The fourth-order valence-electron chi connectivity index (χ4n) is 2.32. The van der Waals surface area contributed by atoms with Crippen LogP contribution in [0.1, 0.15) is 12.8 Å². The van der Waals surface area contributed by atoms with Gasteiger partial charge < -0.3 is 35.8 Å². The third-order valence-electron chi connectivity index (χ3n) is 3.99. The lowest BCUT2D eigenvalue weighted by Gasteiger charge is -2.09. The van der Waals surface area contributed by atoms with Crippen LogP contribution >= 0.6 is 0 Å². The molecule has 1 rings (SSSR count). The number of hydrogen-bond acceptors (Lipinski definition) is 7. The van der Waals surface area contributed by atoms with Crippen LogP contribution in [0.15, 0.2) is 29.2 Å². The van der Waals surface area contributed by atoms with Crippen LogP contribution in [0.4, 0.5) is 9.59 Å². The van der Waals surface area contributed by atoms with E-state index in [4.69, 9.17) is 9.47 Å². The zero-order chi connectivity index (χ0) is 23.7. The highest BCUT2D eigenvalue weighted by molar-refractivity contribution is 7.89. The molecular formula is C19H33N5O7S. The van der Waals surface area contributed by atoms with E-state index in [9.17, 15) is 23.1 Å². The molecule has 6 N–H and O–H groups in total. The highest BCUT2D eigenvalue weighted by Gasteiger charge is 2.12. The van der Waals surface area contributed by atoms with Gasteiger partial charge in [0.25, 0.3) is 0 Å². The number of unbranched alkanes of at least 4 members (excludes halogenated alkanes) is 1. The second-order valence-electron chi connectivity index (χ2n) is 6.51. The van der Waals surface area contributed by atoms with E-state index >= 15 is 0 Å². The first-order chi connectivity index (χ1) is 15.3. The molecule has 0 fully saturated rings. The number of hydrogen-bond donors (Lipinski definition) is 6. The highest BCUT2D eigenvalue weighted by atomic mass is 32.2. The van der Waals surface area contributed by atoms with Gasteiger partial charge in [0.05, 0.1) is 31.3 Å². The molecule has 0 unspecified atom stereocenters. The average Bonchev–Trinajstić information content (AvgIpc) is 2.77. The lowest BCUT2D eigenvalue weighted by molar-refractivity contribution is 0.0516. The standard InChI is InChI=1S/C19H33N5O7S/c1-20-18(26)21-8-2-3-9-22-19(27)23-10-12-30-14-15-31-13-11-24-32(28,29)17-6-4-16(25)5-7-17/h4-7,24-25H,2-3,8-15H2,1H3,(H2,20,21,26)(H2,22,23,27). The molecule has 0 radical (unpaired) electrons. The van der Waals surface area contributed by atoms with Crippen molar-refractivity contribution >= 4 is 22.1 Å². The van der Waals surface area contributed by atoms with Gasteiger partial charge in [0.2, 0.25) is 10.0 Å². The van der Waals surface area contributed by atoms with Crippen molar-refractivity contribution in [2.45, 2.75) is 17.7 Å². The zero-order valence-corrected chi connectivity index (χ0v) is 19.0. The number of urea groups is 2. The van der Waals surface area contributed by atoms with Gasteiger partial charge in [0.1, 0.15) is 5.75 Å². The second-order valence-corrected chi connectivity index (χ2v) is 8.28. The van der Waals surface area contributed by atoms with Gasteiger partial charge in [0, 0.05) is 33.2 Å². The molecular weight excluding hydrogens is 442 g/mol. The Morgan fingerprint density at radius 1 is 0.812 bits per heavy atom. The van der Waals surface area contributed by atoms with Crippen molar-refractivity contribution in [2.75, 3.05) is 59.7 Å². The molecule has 0 aliphatic carbocycles. The lowest BCUT2D eigenvalue weighted by atomic mass is 10.3. The van der Waals surface area contributed by atoms with Gasteiger partial charge in [-0.3, -0.25) is 0 Å². The van der Waals surface area contributed by atoms with Crippen molar-refractivity contribution in [3.63, 3.8) is 0 Å². The van der Waals surface area contributed by atoms with E-state index in [-0.39, 0.29) is 42.5 Å². The molecule has 0 spiro atoms. The fraction of sp³-hybridized carbons (Fsp3) is 0.579. The van der Waals surface area contributed by atoms with Crippen molar-refractivity contribution in [1.82, 2.24) is 26.0 Å². The third kappa shape index (κ3) is 12.9. The number of phenols is 1. The predicted molar refractivity (Wildman–Crippen MR) is 118 cm³/mol. The van der Waals surface area contributed by atoms with Crippen LogP contribution in [0.5, 0.6) is 5.75 Å². The Kier molecular flexibility index (Phi) is 13.8. The number of carbonyl (C=O) groups excluding carboxylic acids is 2. The van der Waals surface area contributed by atoms with Gasteiger partial charge in [-0.05, 0) is 37.1 Å². The molecule has 0 aliphatic rings. The van der Waals surface area contributed by atoms with Crippen molar-refractivity contribution in [2.24, 2.45) is 0 Å². The number of ether oxygens (including phenoxy) is 2. The summed E-state index contributed by atoms with van der Waals surface area (Å²) in [4.78, 5) is 22.6. The Bertz CT molecular complexity index is 775. The second kappa shape index (κ2) is 16.1. The molecule has 12 nitrogen and oxygen atoms in total. The summed E-state index contributed by atoms with van der Waals surface area (Å²) in [6, 6.07) is 4.72. The smallest absolute Gasteiger partial charge is 0.314 e. The Morgan fingerprint density at radius 3 is 1.94 bits per heavy atom. The van der Waals surface area contributed by atoms with Gasteiger partial charge in [-0.1, -0.05) is 0 Å². The number of aromatic hydroxyl groups is 1. The number of amides is 4. The maximum Gasteiger partial charge on any atom is 0.314 e. The number of sulfonamides is 1. The van der Waals surface area contributed by atoms with Crippen LogP contribution in [0, 0.1) is 0 Å². The van der Waals surface area contributed by atoms with E-state index in [0.29, 0.717) is 32.8 Å². The number of carbonyl (C=O) groups is 2. The quantitative estimate of drug-likeness (QED) is 0.179. The minimum atomic E-state index is -3.64. The fourth-order valence-corrected chi connectivity index (χ4v) is 3.33. The summed E-state index contributed by atoms with van der Waals surface area (Å²) in [5.74, 6) is -0.00756. The van der Waals surface area contributed by atoms with Gasteiger partial charge in [-0.2, -0.15) is 0 Å². The summed E-state index contributed by atoms with van der Waals surface area (Å²) in [5.41, 5.74) is 0. The summed E-state index contributed by atoms with van der Waals surface area (Å²) < 4.78 is 37.1. The van der Waals surface area contributed by atoms with Crippen LogP contribution in [0.2, 0.25) is 0 Å². The molecule has 32 heavy (non-hydrogen) atoms. The van der Waals surface area contributed by atoms with E-state index in [1.165, 1.54) is 24.3 Å². The average molecular weight is 476 g/mol. The first-order valence-electron chi connectivity index (χ1n) is 10.3. The van der Waals surface area contributed by atoms with E-state index in [2.05, 4.69) is 26.0 Å². The predicted octanol–water partition coefficient (Wildman–Crippen LogP) is -0.288. The van der Waals surface area contributed by atoms with Crippen LogP contribution in [-0.2, 0) is 19.5 Å². The Balaban J connectivity index is 1.92. The maximum absolute atomic E-state index is 12.0. The number of rotatable bonds is 16. The highest BCUT2D eigenvalue weighted by Crippen LogP contribution is 2.13. The molecule has 0 saturated carbocycles. The van der Waals surface area contributed by atoms with Gasteiger partial charge in [-0.25, -0.2) is 22.7 Å². The van der Waals surface area contributed by atoms with Crippen LogP contribution in [0.3, 0.4) is 0 Å². The number of nitrogens with one attached hydrogen (secondary N) is 5. The first-order valence-corrected chi connectivity index (χ1v) is 11.7.